The van der Waals surface area contributed by atoms with Crippen molar-refractivity contribution in [3.8, 4) is 0 Å². The molecule has 0 aromatic heterocycles. The number of carbonyl (C=O) groups is 1. The van der Waals surface area contributed by atoms with E-state index in [-0.39, 0.29) is 16.4 Å². The van der Waals surface area contributed by atoms with Gasteiger partial charge in [0, 0.05) is 39.3 Å². The first-order valence-electron chi connectivity index (χ1n) is 9.75. The number of nitrogens with zero attached hydrogens (tertiary/aromatic N) is 3. The van der Waals surface area contributed by atoms with Crippen molar-refractivity contribution in [2.24, 2.45) is 0 Å². The molecule has 0 unspecified atom stereocenters. The Kier molecular flexibility index (Phi) is 6.78. The van der Waals surface area contributed by atoms with E-state index in [9.17, 15) is 13.2 Å². The largest absolute Gasteiger partial charge is 0.336 e. The zero-order valence-corrected chi connectivity index (χ0v) is 17.4. The summed E-state index contributed by atoms with van der Waals surface area (Å²) in [6.07, 6.45) is 3.86. The number of piperazine rings is 1. The maximum atomic E-state index is 13.0. The van der Waals surface area contributed by atoms with Gasteiger partial charge in [0.2, 0.25) is 10.0 Å². The smallest absolute Gasteiger partial charge is 0.255 e. The van der Waals surface area contributed by atoms with Crippen LogP contribution in [0.5, 0.6) is 0 Å². The number of amides is 1. The molecule has 2 saturated heterocycles. The lowest BCUT2D eigenvalue weighted by Crippen LogP contribution is -2.48. The van der Waals surface area contributed by atoms with E-state index in [1.54, 1.807) is 4.90 Å². The highest BCUT2D eigenvalue weighted by Gasteiger charge is 2.28. The summed E-state index contributed by atoms with van der Waals surface area (Å²) in [6, 6.07) is 4.49. The fraction of sp³-hybridized carbons (Fsp3) is 0.632. The molecule has 8 heteroatoms. The first kappa shape index (κ1) is 20.6. The Morgan fingerprint density at radius 2 is 1.63 bits per heavy atom. The molecule has 2 fully saturated rings. The van der Waals surface area contributed by atoms with Crippen molar-refractivity contribution in [2.45, 2.75) is 37.5 Å². The van der Waals surface area contributed by atoms with Gasteiger partial charge in [-0.05, 0) is 37.6 Å². The second kappa shape index (κ2) is 8.90. The summed E-state index contributed by atoms with van der Waals surface area (Å²) in [6.45, 7) is 7.05. The lowest BCUT2D eigenvalue weighted by molar-refractivity contribution is 0.0643. The summed E-state index contributed by atoms with van der Waals surface area (Å²) in [4.78, 5) is 17.1. The van der Waals surface area contributed by atoms with Crippen LogP contribution < -0.4 is 0 Å². The Labute approximate surface area is 167 Å². The molecule has 150 valence electrons. The number of hydrogen-bond donors (Lipinski definition) is 0. The highest BCUT2D eigenvalue weighted by atomic mass is 35.5. The fourth-order valence-corrected chi connectivity index (χ4v) is 5.44. The molecule has 2 heterocycles. The van der Waals surface area contributed by atoms with E-state index >= 15 is 0 Å². The molecule has 0 atom stereocenters. The molecule has 0 bridgehead atoms. The second-order valence-corrected chi connectivity index (χ2v) is 9.53. The molecule has 0 saturated carbocycles. The van der Waals surface area contributed by atoms with Crippen LogP contribution in [-0.4, -0.2) is 74.2 Å². The highest BCUT2D eigenvalue weighted by Crippen LogP contribution is 2.26. The first-order chi connectivity index (χ1) is 12.9. The zero-order chi connectivity index (χ0) is 19.4. The Bertz CT molecular complexity index is 768. The molecule has 6 nitrogen and oxygen atoms in total. The Balaban J connectivity index is 1.82. The Hall–Kier alpha value is -1.15. The van der Waals surface area contributed by atoms with E-state index < -0.39 is 10.0 Å². The number of halogens is 1. The van der Waals surface area contributed by atoms with Crippen LogP contribution in [0.3, 0.4) is 0 Å². The van der Waals surface area contributed by atoms with Gasteiger partial charge >= 0.3 is 0 Å². The molecule has 0 aliphatic carbocycles. The normalized spacial score (nSPS) is 20.4. The van der Waals surface area contributed by atoms with Crippen LogP contribution in [0.15, 0.2) is 23.1 Å². The van der Waals surface area contributed by atoms with Crippen LogP contribution in [0, 0.1) is 0 Å². The van der Waals surface area contributed by atoms with Gasteiger partial charge in [0.05, 0.1) is 15.5 Å². The fourth-order valence-electron chi connectivity index (χ4n) is 3.70. The van der Waals surface area contributed by atoms with Gasteiger partial charge in [-0.15, -0.1) is 0 Å². The monoisotopic (exact) mass is 413 g/mol. The van der Waals surface area contributed by atoms with E-state index in [1.807, 2.05) is 0 Å². The minimum absolute atomic E-state index is 0.157. The molecule has 3 rings (SSSR count). The minimum Gasteiger partial charge on any atom is -0.336 e. The van der Waals surface area contributed by atoms with Gasteiger partial charge in [0.15, 0.2) is 0 Å². The predicted molar refractivity (Wildman–Crippen MR) is 107 cm³/mol. The van der Waals surface area contributed by atoms with Gasteiger partial charge in [0.25, 0.3) is 5.91 Å². The first-order valence-corrected chi connectivity index (χ1v) is 11.6. The number of carbonyl (C=O) groups excluding carboxylic acids is 1. The maximum Gasteiger partial charge on any atom is 0.255 e. The van der Waals surface area contributed by atoms with Crippen molar-refractivity contribution in [1.82, 2.24) is 14.1 Å². The molecule has 1 aromatic carbocycles. The molecule has 2 aliphatic heterocycles. The summed E-state index contributed by atoms with van der Waals surface area (Å²) in [7, 11) is -3.61. The van der Waals surface area contributed by atoms with E-state index in [0.29, 0.717) is 31.2 Å². The summed E-state index contributed by atoms with van der Waals surface area (Å²) in [5, 5.41) is 0.299. The summed E-state index contributed by atoms with van der Waals surface area (Å²) in [5.41, 5.74) is 0.275. The molecule has 0 spiro atoms. The molecule has 2 aliphatic rings. The van der Waals surface area contributed by atoms with E-state index in [4.69, 9.17) is 11.6 Å². The van der Waals surface area contributed by atoms with Crippen molar-refractivity contribution in [1.29, 1.82) is 0 Å². The third-order valence-electron chi connectivity index (χ3n) is 5.48. The van der Waals surface area contributed by atoms with Crippen molar-refractivity contribution in [2.75, 3.05) is 45.8 Å². The highest BCUT2D eigenvalue weighted by molar-refractivity contribution is 7.89. The third kappa shape index (κ3) is 4.65. The molecular weight excluding hydrogens is 386 g/mol. The van der Waals surface area contributed by atoms with Crippen LogP contribution in [-0.2, 0) is 10.0 Å². The Morgan fingerprint density at radius 3 is 2.22 bits per heavy atom. The number of rotatable bonds is 4. The van der Waals surface area contributed by atoms with Gasteiger partial charge in [-0.2, -0.15) is 4.31 Å². The van der Waals surface area contributed by atoms with Crippen molar-refractivity contribution in [3.05, 3.63) is 28.8 Å². The predicted octanol–water partition coefficient (Wildman–Crippen LogP) is 2.68. The van der Waals surface area contributed by atoms with Crippen LogP contribution in [0.25, 0.3) is 0 Å². The third-order valence-corrected chi connectivity index (χ3v) is 7.70. The standard InChI is InChI=1S/C19H28ClN3O3S/c1-2-21-11-13-22(14-12-21)19(24)17-15-16(7-8-18(17)20)27(25,26)23-9-5-3-4-6-10-23/h7-8,15H,2-6,9-14H2,1H3. The lowest BCUT2D eigenvalue weighted by atomic mass is 10.2. The van der Waals surface area contributed by atoms with Crippen molar-refractivity contribution in [3.63, 3.8) is 0 Å². The second-order valence-electron chi connectivity index (χ2n) is 7.19. The van der Waals surface area contributed by atoms with Crippen LogP contribution in [0.2, 0.25) is 5.02 Å². The SMILES string of the molecule is CCN1CCN(C(=O)c2cc(S(=O)(=O)N3CCCCCC3)ccc2Cl)CC1. The average Bonchev–Trinajstić information content (AvgIpc) is 2.98. The minimum atomic E-state index is -3.61. The molecule has 27 heavy (non-hydrogen) atoms. The van der Waals surface area contributed by atoms with Gasteiger partial charge in [-0.25, -0.2) is 8.42 Å². The number of likely N-dealkylation sites (N-methyl/N-ethyl adjacent to an activating group) is 1. The maximum absolute atomic E-state index is 13.0. The van der Waals surface area contributed by atoms with E-state index in [2.05, 4.69) is 11.8 Å². The van der Waals surface area contributed by atoms with Gasteiger partial charge in [-0.1, -0.05) is 31.4 Å². The van der Waals surface area contributed by atoms with Crippen molar-refractivity contribution < 1.29 is 13.2 Å². The van der Waals surface area contributed by atoms with Crippen LogP contribution in [0.4, 0.5) is 0 Å². The molecular formula is C19H28ClN3O3S. The van der Waals surface area contributed by atoms with E-state index in [1.165, 1.54) is 22.5 Å². The van der Waals surface area contributed by atoms with Gasteiger partial charge in [-0.3, -0.25) is 4.79 Å². The molecule has 0 N–H and O–H groups in total. The Morgan fingerprint density at radius 1 is 1.00 bits per heavy atom. The molecule has 0 radical (unpaired) electrons. The zero-order valence-electron chi connectivity index (χ0n) is 15.9. The molecule has 1 amide bonds. The number of hydrogen-bond acceptors (Lipinski definition) is 4. The van der Waals surface area contributed by atoms with Crippen LogP contribution in [0.1, 0.15) is 43.0 Å². The van der Waals surface area contributed by atoms with Crippen molar-refractivity contribution >= 4 is 27.5 Å². The topological polar surface area (TPSA) is 60.9 Å². The molecule has 1 aromatic rings. The lowest BCUT2D eigenvalue weighted by Gasteiger charge is -2.34. The summed E-state index contributed by atoms with van der Waals surface area (Å²) in [5.74, 6) is -0.191. The summed E-state index contributed by atoms with van der Waals surface area (Å²) < 4.78 is 27.6. The summed E-state index contributed by atoms with van der Waals surface area (Å²) >= 11 is 6.26. The van der Waals surface area contributed by atoms with E-state index in [0.717, 1.165) is 45.3 Å². The van der Waals surface area contributed by atoms with Gasteiger partial charge < -0.3 is 9.80 Å². The average molecular weight is 414 g/mol. The number of sulfonamides is 1. The van der Waals surface area contributed by atoms with Crippen LogP contribution >= 0.6 is 11.6 Å². The van der Waals surface area contributed by atoms with Gasteiger partial charge in [0.1, 0.15) is 0 Å². The number of benzene rings is 1. The quantitative estimate of drug-likeness (QED) is 0.761.